The number of aliphatic hydroxyl groups is 1. The molecule has 2 unspecified atom stereocenters. The van der Waals surface area contributed by atoms with Crippen molar-refractivity contribution >= 4 is 21.8 Å². The first kappa shape index (κ1) is 15.8. The van der Waals surface area contributed by atoms with Crippen molar-refractivity contribution < 1.29 is 13.5 Å². The summed E-state index contributed by atoms with van der Waals surface area (Å²) in [6, 6.07) is 6.45. The fraction of sp³-hybridized carbons (Fsp3) is 0.571. The highest BCUT2D eigenvalue weighted by Gasteiger charge is 2.31. The highest BCUT2D eigenvalue weighted by molar-refractivity contribution is 8.01. The van der Waals surface area contributed by atoms with E-state index in [1.54, 1.807) is 25.1 Å². The summed E-state index contributed by atoms with van der Waals surface area (Å²) in [6.45, 7) is 4.16. The predicted octanol–water partition coefficient (Wildman–Crippen LogP) is 2.30. The molecule has 0 aromatic heterocycles. The van der Waals surface area contributed by atoms with Crippen LogP contribution in [0.3, 0.4) is 0 Å². The molecule has 0 amide bonds. The number of hydrogen-bond acceptors (Lipinski definition) is 4. The Balaban J connectivity index is 2.12. The maximum absolute atomic E-state index is 12.3. The summed E-state index contributed by atoms with van der Waals surface area (Å²) >= 11 is 1.82. The van der Waals surface area contributed by atoms with Crippen LogP contribution < -0.4 is 4.72 Å². The normalized spacial score (nSPS) is 24.8. The minimum absolute atomic E-state index is 0.00501. The molecule has 1 heterocycles. The molecule has 1 aliphatic heterocycles. The van der Waals surface area contributed by atoms with Crippen LogP contribution in [0.1, 0.15) is 38.4 Å². The lowest BCUT2D eigenvalue weighted by molar-refractivity contribution is 0.199. The van der Waals surface area contributed by atoms with Gasteiger partial charge in [-0.1, -0.05) is 12.1 Å². The molecule has 2 N–H and O–H groups in total. The quantitative estimate of drug-likeness (QED) is 0.875. The van der Waals surface area contributed by atoms with Crippen molar-refractivity contribution in [1.29, 1.82) is 0 Å². The Bertz CT molecular complexity index is 564. The number of rotatable bonds is 5. The fourth-order valence-electron chi connectivity index (χ4n) is 2.25. The van der Waals surface area contributed by atoms with E-state index in [1.165, 1.54) is 6.07 Å². The van der Waals surface area contributed by atoms with Crippen LogP contribution in [-0.4, -0.2) is 30.6 Å². The Morgan fingerprint density at radius 3 is 2.85 bits per heavy atom. The van der Waals surface area contributed by atoms with Crippen LogP contribution in [0.2, 0.25) is 0 Å². The minimum atomic E-state index is -3.52. The van der Waals surface area contributed by atoms with E-state index < -0.39 is 16.1 Å². The van der Waals surface area contributed by atoms with Gasteiger partial charge in [-0.2, -0.15) is 11.8 Å². The van der Waals surface area contributed by atoms with Crippen molar-refractivity contribution in [3.05, 3.63) is 29.8 Å². The lowest BCUT2D eigenvalue weighted by Crippen LogP contribution is -2.36. The van der Waals surface area contributed by atoms with Crippen LogP contribution in [0.4, 0.5) is 0 Å². The Morgan fingerprint density at radius 2 is 2.25 bits per heavy atom. The van der Waals surface area contributed by atoms with Gasteiger partial charge in [0.1, 0.15) is 0 Å². The smallest absolute Gasteiger partial charge is 0.240 e. The zero-order chi connectivity index (χ0) is 14.8. The van der Waals surface area contributed by atoms with Gasteiger partial charge in [0.05, 0.1) is 11.0 Å². The SMILES string of the molecule is CC(O)c1cccc(S(=O)(=O)NCC2(C)CCCS2)c1. The van der Waals surface area contributed by atoms with Crippen molar-refractivity contribution in [1.82, 2.24) is 4.72 Å². The molecule has 6 heteroatoms. The van der Waals surface area contributed by atoms with Gasteiger partial charge in [-0.15, -0.1) is 0 Å². The summed E-state index contributed by atoms with van der Waals surface area (Å²) in [7, 11) is -3.52. The van der Waals surface area contributed by atoms with Crippen LogP contribution in [0.15, 0.2) is 29.2 Å². The molecule has 1 aromatic rings. The second-order valence-corrected chi connectivity index (χ2v) is 8.92. The van der Waals surface area contributed by atoms with Crippen molar-refractivity contribution in [2.75, 3.05) is 12.3 Å². The second kappa shape index (κ2) is 6.05. The summed E-state index contributed by atoms with van der Waals surface area (Å²) in [6.07, 6.45) is 1.50. The predicted molar refractivity (Wildman–Crippen MR) is 82.4 cm³/mol. The molecule has 0 radical (unpaired) electrons. The van der Waals surface area contributed by atoms with Crippen molar-refractivity contribution in [3.63, 3.8) is 0 Å². The van der Waals surface area contributed by atoms with Crippen molar-refractivity contribution in [2.45, 2.75) is 42.4 Å². The molecule has 112 valence electrons. The molecule has 0 spiro atoms. The summed E-state index contributed by atoms with van der Waals surface area (Å²) in [5.74, 6) is 1.09. The van der Waals surface area contributed by atoms with Gasteiger partial charge < -0.3 is 5.11 Å². The van der Waals surface area contributed by atoms with Gasteiger partial charge in [0.25, 0.3) is 0 Å². The molecule has 20 heavy (non-hydrogen) atoms. The molecule has 0 aliphatic carbocycles. The van der Waals surface area contributed by atoms with Crippen LogP contribution in [0.25, 0.3) is 0 Å². The topological polar surface area (TPSA) is 66.4 Å². The molecule has 0 bridgehead atoms. The van der Waals surface area contributed by atoms with Crippen molar-refractivity contribution in [3.8, 4) is 0 Å². The first-order valence-corrected chi connectivity index (χ1v) is 9.21. The summed E-state index contributed by atoms with van der Waals surface area (Å²) in [5.41, 5.74) is 0.606. The molecule has 1 aromatic carbocycles. The number of benzene rings is 1. The van der Waals surface area contributed by atoms with Crippen LogP contribution in [0.5, 0.6) is 0 Å². The molecule has 2 atom stereocenters. The maximum atomic E-state index is 12.3. The molecule has 1 aliphatic rings. The van der Waals surface area contributed by atoms with Gasteiger partial charge in [0, 0.05) is 11.3 Å². The van der Waals surface area contributed by atoms with Gasteiger partial charge >= 0.3 is 0 Å². The van der Waals surface area contributed by atoms with E-state index in [4.69, 9.17) is 0 Å². The summed E-state index contributed by atoms with van der Waals surface area (Å²) in [4.78, 5) is 0.211. The highest BCUT2D eigenvalue weighted by Crippen LogP contribution is 2.37. The van der Waals surface area contributed by atoms with E-state index >= 15 is 0 Å². The van der Waals surface area contributed by atoms with Crippen LogP contribution in [-0.2, 0) is 10.0 Å². The number of aliphatic hydroxyl groups excluding tert-OH is 1. The van der Waals surface area contributed by atoms with Gasteiger partial charge in [0.2, 0.25) is 10.0 Å². The third kappa shape index (κ3) is 3.75. The van der Waals surface area contributed by atoms with E-state index in [9.17, 15) is 13.5 Å². The first-order chi connectivity index (χ1) is 9.32. The second-order valence-electron chi connectivity index (χ2n) is 5.47. The maximum Gasteiger partial charge on any atom is 0.240 e. The zero-order valence-electron chi connectivity index (χ0n) is 11.8. The molecule has 1 saturated heterocycles. The summed E-state index contributed by atoms with van der Waals surface area (Å²) in [5, 5.41) is 9.54. The molecule has 1 fully saturated rings. The van der Waals surface area contributed by atoms with Gasteiger partial charge in [0.15, 0.2) is 0 Å². The molecule has 4 nitrogen and oxygen atoms in total. The van der Waals surface area contributed by atoms with Gasteiger partial charge in [-0.3, -0.25) is 0 Å². The number of nitrogens with one attached hydrogen (secondary N) is 1. The van der Waals surface area contributed by atoms with E-state index in [0.717, 1.165) is 18.6 Å². The molecular formula is C14H21NO3S2. The molecule has 0 saturated carbocycles. The number of sulfonamides is 1. The lowest BCUT2D eigenvalue weighted by Gasteiger charge is -2.22. The standard InChI is InChI=1S/C14H21NO3S2/c1-11(16)12-5-3-6-13(9-12)20(17,18)15-10-14(2)7-4-8-19-14/h3,5-6,9,11,15-16H,4,7-8,10H2,1-2H3. The Kier molecular flexibility index (Phi) is 4.79. The van der Waals surface area contributed by atoms with Crippen LogP contribution >= 0.6 is 11.8 Å². The van der Waals surface area contributed by atoms with Crippen molar-refractivity contribution in [2.24, 2.45) is 0 Å². The monoisotopic (exact) mass is 315 g/mol. The fourth-order valence-corrected chi connectivity index (χ4v) is 4.81. The molecule has 2 rings (SSSR count). The third-order valence-corrected chi connectivity index (χ3v) is 6.52. The summed E-state index contributed by atoms with van der Waals surface area (Å²) < 4.78 is 27.3. The first-order valence-electron chi connectivity index (χ1n) is 6.74. The third-order valence-electron chi connectivity index (χ3n) is 3.59. The average molecular weight is 315 g/mol. The number of hydrogen-bond donors (Lipinski definition) is 2. The van der Waals surface area contributed by atoms with Crippen LogP contribution in [0, 0.1) is 0 Å². The Labute approximate surface area is 125 Å². The zero-order valence-corrected chi connectivity index (χ0v) is 13.4. The Morgan fingerprint density at radius 1 is 1.50 bits per heavy atom. The lowest BCUT2D eigenvalue weighted by atomic mass is 10.1. The number of thioether (sulfide) groups is 1. The van der Waals surface area contributed by atoms with Gasteiger partial charge in [-0.25, -0.2) is 13.1 Å². The largest absolute Gasteiger partial charge is 0.389 e. The van der Waals surface area contributed by atoms with E-state index in [-0.39, 0.29) is 9.64 Å². The average Bonchev–Trinajstić information content (AvgIpc) is 2.84. The van der Waals surface area contributed by atoms with E-state index in [2.05, 4.69) is 11.6 Å². The van der Waals surface area contributed by atoms with E-state index in [1.807, 2.05) is 11.8 Å². The highest BCUT2D eigenvalue weighted by atomic mass is 32.2. The molecular weight excluding hydrogens is 294 g/mol. The Hall–Kier alpha value is -0.560. The minimum Gasteiger partial charge on any atom is -0.389 e. The van der Waals surface area contributed by atoms with E-state index in [0.29, 0.717) is 12.1 Å². The van der Waals surface area contributed by atoms with Gasteiger partial charge in [-0.05, 0) is 50.1 Å².